The average Bonchev–Trinajstić information content (AvgIpc) is 2.86. The molecular weight excluding hydrogens is 198 g/mol. The third-order valence-corrected chi connectivity index (χ3v) is 3.78. The number of rotatable bonds is 4. The van der Waals surface area contributed by atoms with Gasteiger partial charge >= 0.3 is 0 Å². The highest BCUT2D eigenvalue weighted by atomic mass is 15.1. The van der Waals surface area contributed by atoms with Gasteiger partial charge in [-0.25, -0.2) is 4.98 Å². The lowest BCUT2D eigenvalue weighted by Crippen LogP contribution is -2.14. The molecule has 1 aliphatic carbocycles. The molecule has 3 nitrogen and oxygen atoms in total. The minimum absolute atomic E-state index is 0.715. The fourth-order valence-electron chi connectivity index (χ4n) is 2.83. The zero-order chi connectivity index (χ0) is 11.5. The molecule has 1 fully saturated rings. The summed E-state index contributed by atoms with van der Waals surface area (Å²) in [5, 5.41) is 3.21. The van der Waals surface area contributed by atoms with Crippen LogP contribution in [0.15, 0.2) is 0 Å². The third-order valence-electron chi connectivity index (χ3n) is 3.78. The number of likely N-dealkylation sites (N-methyl/N-ethyl adjacent to an activating group) is 1. The number of hydrogen-bond acceptors (Lipinski definition) is 2. The van der Waals surface area contributed by atoms with E-state index in [-0.39, 0.29) is 0 Å². The van der Waals surface area contributed by atoms with Gasteiger partial charge in [0.15, 0.2) is 0 Å². The minimum Gasteiger partial charge on any atom is -0.335 e. The summed E-state index contributed by atoms with van der Waals surface area (Å²) in [7, 11) is 4.18. The zero-order valence-electron chi connectivity index (χ0n) is 10.7. The van der Waals surface area contributed by atoms with Crippen molar-refractivity contribution in [1.29, 1.82) is 0 Å². The number of aromatic nitrogens is 2. The summed E-state index contributed by atoms with van der Waals surface area (Å²) in [4.78, 5) is 4.78. The summed E-state index contributed by atoms with van der Waals surface area (Å²) in [6, 6.07) is 0. The summed E-state index contributed by atoms with van der Waals surface area (Å²) in [6.45, 7) is 3.17. The Morgan fingerprint density at radius 3 is 2.69 bits per heavy atom. The predicted octanol–water partition coefficient (Wildman–Crippen LogP) is 2.15. The maximum Gasteiger partial charge on any atom is 0.112 e. The van der Waals surface area contributed by atoms with Gasteiger partial charge in [-0.15, -0.1) is 0 Å². The number of nitrogens with one attached hydrogen (secondary N) is 1. The topological polar surface area (TPSA) is 29.9 Å². The molecule has 16 heavy (non-hydrogen) atoms. The first-order valence-corrected chi connectivity index (χ1v) is 6.40. The smallest absolute Gasteiger partial charge is 0.112 e. The SMILES string of the molecule is CNCCc1c(C)nc(C2CCCC2)n1C. The van der Waals surface area contributed by atoms with Crippen molar-refractivity contribution in [2.24, 2.45) is 7.05 Å². The van der Waals surface area contributed by atoms with E-state index in [1.54, 1.807) is 0 Å². The van der Waals surface area contributed by atoms with Crippen molar-refractivity contribution in [3.63, 3.8) is 0 Å². The molecule has 2 rings (SSSR count). The molecule has 0 radical (unpaired) electrons. The van der Waals surface area contributed by atoms with E-state index in [0.717, 1.165) is 13.0 Å². The molecule has 90 valence electrons. The van der Waals surface area contributed by atoms with Crippen LogP contribution in [0.1, 0.15) is 48.8 Å². The minimum atomic E-state index is 0.715. The maximum absolute atomic E-state index is 4.78. The monoisotopic (exact) mass is 221 g/mol. The summed E-state index contributed by atoms with van der Waals surface area (Å²) in [5.41, 5.74) is 2.62. The quantitative estimate of drug-likeness (QED) is 0.844. The fourth-order valence-corrected chi connectivity index (χ4v) is 2.83. The van der Waals surface area contributed by atoms with Crippen molar-refractivity contribution in [3.05, 3.63) is 17.2 Å². The van der Waals surface area contributed by atoms with Gasteiger partial charge in [-0.2, -0.15) is 0 Å². The molecule has 1 aromatic rings. The average molecular weight is 221 g/mol. The highest BCUT2D eigenvalue weighted by molar-refractivity contribution is 5.19. The van der Waals surface area contributed by atoms with Crippen LogP contribution in [0.4, 0.5) is 0 Å². The van der Waals surface area contributed by atoms with E-state index >= 15 is 0 Å². The van der Waals surface area contributed by atoms with Crippen LogP contribution in [-0.4, -0.2) is 23.1 Å². The fraction of sp³-hybridized carbons (Fsp3) is 0.769. The van der Waals surface area contributed by atoms with Crippen molar-refractivity contribution in [3.8, 4) is 0 Å². The number of aryl methyl sites for hydroxylation is 1. The van der Waals surface area contributed by atoms with Gasteiger partial charge in [0, 0.05) is 31.6 Å². The van der Waals surface area contributed by atoms with Crippen molar-refractivity contribution < 1.29 is 0 Å². The van der Waals surface area contributed by atoms with Gasteiger partial charge in [-0.05, 0) is 26.8 Å². The van der Waals surface area contributed by atoms with Gasteiger partial charge < -0.3 is 9.88 Å². The Morgan fingerprint density at radius 1 is 1.38 bits per heavy atom. The molecule has 1 aliphatic rings. The Bertz CT molecular complexity index is 348. The van der Waals surface area contributed by atoms with E-state index in [0.29, 0.717) is 5.92 Å². The van der Waals surface area contributed by atoms with Crippen LogP contribution >= 0.6 is 0 Å². The van der Waals surface area contributed by atoms with Crippen LogP contribution in [0.2, 0.25) is 0 Å². The summed E-state index contributed by atoms with van der Waals surface area (Å²) < 4.78 is 2.34. The first kappa shape index (κ1) is 11.6. The third kappa shape index (κ3) is 2.14. The van der Waals surface area contributed by atoms with Crippen LogP contribution in [0.3, 0.4) is 0 Å². The first-order chi connectivity index (χ1) is 7.74. The normalized spacial score (nSPS) is 17.2. The molecule has 0 unspecified atom stereocenters. The van der Waals surface area contributed by atoms with Gasteiger partial charge in [0.25, 0.3) is 0 Å². The first-order valence-electron chi connectivity index (χ1n) is 6.40. The zero-order valence-corrected chi connectivity index (χ0v) is 10.7. The standard InChI is InChI=1S/C13H23N3/c1-10-12(8-9-14-2)16(3)13(15-10)11-6-4-5-7-11/h11,14H,4-9H2,1-3H3. The number of nitrogens with zero attached hydrogens (tertiary/aromatic N) is 2. The molecule has 1 heterocycles. The van der Waals surface area contributed by atoms with E-state index < -0.39 is 0 Å². The lowest BCUT2D eigenvalue weighted by atomic mass is 10.1. The van der Waals surface area contributed by atoms with Crippen LogP contribution in [0, 0.1) is 6.92 Å². The van der Waals surface area contributed by atoms with E-state index in [2.05, 4.69) is 23.9 Å². The van der Waals surface area contributed by atoms with Crippen LogP contribution in [0.25, 0.3) is 0 Å². The predicted molar refractivity (Wildman–Crippen MR) is 66.8 cm³/mol. The Labute approximate surface area is 98.3 Å². The van der Waals surface area contributed by atoms with Gasteiger partial charge in [0.2, 0.25) is 0 Å². The molecule has 1 saturated carbocycles. The van der Waals surface area contributed by atoms with Gasteiger partial charge in [-0.1, -0.05) is 12.8 Å². The van der Waals surface area contributed by atoms with Crippen LogP contribution < -0.4 is 5.32 Å². The summed E-state index contributed by atoms with van der Waals surface area (Å²) in [6.07, 6.45) is 6.49. The van der Waals surface area contributed by atoms with E-state index in [9.17, 15) is 0 Å². The Morgan fingerprint density at radius 2 is 2.06 bits per heavy atom. The van der Waals surface area contributed by atoms with Gasteiger partial charge in [0.1, 0.15) is 5.82 Å². The summed E-state index contributed by atoms with van der Waals surface area (Å²) in [5.74, 6) is 2.04. The lowest BCUT2D eigenvalue weighted by Gasteiger charge is -2.10. The van der Waals surface area contributed by atoms with Gasteiger partial charge in [0.05, 0.1) is 5.69 Å². The second-order valence-electron chi connectivity index (χ2n) is 4.90. The van der Waals surface area contributed by atoms with Gasteiger partial charge in [-0.3, -0.25) is 0 Å². The molecule has 0 bridgehead atoms. The van der Waals surface area contributed by atoms with Crippen molar-refractivity contribution >= 4 is 0 Å². The van der Waals surface area contributed by atoms with Crippen LogP contribution in [-0.2, 0) is 13.5 Å². The summed E-state index contributed by atoms with van der Waals surface area (Å²) >= 11 is 0. The second-order valence-corrected chi connectivity index (χ2v) is 4.90. The molecule has 0 atom stereocenters. The highest BCUT2D eigenvalue weighted by Crippen LogP contribution is 2.34. The van der Waals surface area contributed by atoms with Crippen LogP contribution in [0.5, 0.6) is 0 Å². The molecule has 0 aromatic carbocycles. The molecule has 3 heteroatoms. The lowest BCUT2D eigenvalue weighted by molar-refractivity contribution is 0.617. The van der Waals surface area contributed by atoms with Crippen molar-refractivity contribution in [1.82, 2.24) is 14.9 Å². The van der Waals surface area contributed by atoms with Crippen molar-refractivity contribution in [2.75, 3.05) is 13.6 Å². The second kappa shape index (κ2) is 5.00. The molecule has 0 spiro atoms. The molecule has 0 saturated heterocycles. The Balaban J connectivity index is 2.19. The number of imidazole rings is 1. The molecule has 1 aromatic heterocycles. The molecule has 0 amide bonds. The highest BCUT2D eigenvalue weighted by Gasteiger charge is 2.23. The maximum atomic E-state index is 4.78. The molecule has 0 aliphatic heterocycles. The Kier molecular flexibility index (Phi) is 3.64. The van der Waals surface area contributed by atoms with E-state index in [4.69, 9.17) is 4.98 Å². The van der Waals surface area contributed by atoms with E-state index in [1.165, 1.54) is 42.9 Å². The molecular formula is C13H23N3. The number of hydrogen-bond donors (Lipinski definition) is 1. The largest absolute Gasteiger partial charge is 0.335 e. The Hall–Kier alpha value is -0.830. The van der Waals surface area contributed by atoms with Crippen molar-refractivity contribution in [2.45, 2.75) is 44.9 Å². The van der Waals surface area contributed by atoms with E-state index in [1.807, 2.05) is 7.05 Å². The molecule has 1 N–H and O–H groups in total.